The number of thiophene rings is 1. The lowest BCUT2D eigenvalue weighted by Crippen LogP contribution is -2.50. The van der Waals surface area contributed by atoms with Gasteiger partial charge in [-0.25, -0.2) is 14.2 Å². The zero-order chi connectivity index (χ0) is 28.7. The van der Waals surface area contributed by atoms with E-state index in [1.807, 2.05) is 6.07 Å². The van der Waals surface area contributed by atoms with Gasteiger partial charge in [-0.3, -0.25) is 14.5 Å². The van der Waals surface area contributed by atoms with Gasteiger partial charge in [-0.15, -0.1) is 11.3 Å². The van der Waals surface area contributed by atoms with Gasteiger partial charge in [0.05, 0.1) is 22.4 Å². The Hall–Kier alpha value is -4.55. The quantitative estimate of drug-likeness (QED) is 0.300. The van der Waals surface area contributed by atoms with Crippen LogP contribution in [0.25, 0.3) is 10.2 Å². The van der Waals surface area contributed by atoms with Crippen LogP contribution in [0, 0.1) is 12.7 Å². The first kappa shape index (κ1) is 26.7. The molecule has 2 aromatic heterocycles. The normalized spacial score (nSPS) is 16.5. The number of pyridine rings is 1. The number of aromatic nitrogens is 1. The Balaban J connectivity index is 1.31. The number of hydrogen-bond acceptors (Lipinski definition) is 7. The van der Waals surface area contributed by atoms with Crippen molar-refractivity contribution in [3.63, 3.8) is 0 Å². The molecule has 0 aliphatic carbocycles. The van der Waals surface area contributed by atoms with E-state index >= 15 is 4.39 Å². The second-order valence-electron chi connectivity index (χ2n) is 9.83. The van der Waals surface area contributed by atoms with Crippen LogP contribution in [0.5, 0.6) is 11.5 Å². The number of benzene rings is 2. The summed E-state index contributed by atoms with van der Waals surface area (Å²) in [5.74, 6) is -0.849. The second kappa shape index (κ2) is 10.8. The number of nitrogens with one attached hydrogen (secondary N) is 2. The predicted octanol–water partition coefficient (Wildman–Crippen LogP) is 4.93. The lowest BCUT2D eigenvalue weighted by Gasteiger charge is -2.33. The van der Waals surface area contributed by atoms with Gasteiger partial charge >= 0.3 is 6.03 Å². The molecule has 2 aromatic carbocycles. The van der Waals surface area contributed by atoms with Crippen molar-refractivity contribution in [2.24, 2.45) is 0 Å². The fourth-order valence-electron chi connectivity index (χ4n) is 5.24. The third-order valence-electron chi connectivity index (χ3n) is 7.23. The summed E-state index contributed by atoms with van der Waals surface area (Å²) in [4.78, 5) is 47.0. The van der Waals surface area contributed by atoms with E-state index in [0.717, 1.165) is 11.3 Å². The molecule has 3 N–H and O–H groups in total. The number of hydrogen-bond donors (Lipinski definition) is 3. The summed E-state index contributed by atoms with van der Waals surface area (Å²) in [5.41, 5.74) is 1.36. The zero-order valence-electron chi connectivity index (χ0n) is 22.0. The van der Waals surface area contributed by atoms with E-state index in [4.69, 9.17) is 4.74 Å². The number of carbonyl (C=O) groups is 3. The smallest absolute Gasteiger partial charge is 0.331 e. The minimum atomic E-state index is -0.596. The molecular formula is C29H26FN5O5S. The van der Waals surface area contributed by atoms with Gasteiger partial charge in [0, 0.05) is 30.9 Å². The maximum Gasteiger partial charge on any atom is 0.331 e. The standard InChI is InChI=1S/C29H26FN5O5S/c1-16-19(9-10-21(24(16)30)40-18-7-3-2-4-8-18)35-20-11-12-31-28-23(20)25(33-29(35)39)26(41-28)27(38)32-17-6-5-13-34(14-17)22(37)15-36/h2-4,7-12,17,36H,5-6,13-15H2,1H3,(H,32,38)(H,33,39). The van der Waals surface area contributed by atoms with E-state index < -0.39 is 24.4 Å². The maximum atomic E-state index is 15.5. The third kappa shape index (κ3) is 4.85. The van der Waals surface area contributed by atoms with Crippen LogP contribution in [0.1, 0.15) is 28.1 Å². The first-order chi connectivity index (χ1) is 19.9. The Bertz CT molecular complexity index is 1680. The molecule has 1 unspecified atom stereocenters. The van der Waals surface area contributed by atoms with Gasteiger partial charge in [0.25, 0.3) is 5.91 Å². The van der Waals surface area contributed by atoms with Crippen molar-refractivity contribution in [3.8, 4) is 11.5 Å². The highest BCUT2D eigenvalue weighted by molar-refractivity contribution is 7.21. The lowest BCUT2D eigenvalue weighted by atomic mass is 10.1. The van der Waals surface area contributed by atoms with Crippen molar-refractivity contribution in [2.75, 3.05) is 29.9 Å². The summed E-state index contributed by atoms with van der Waals surface area (Å²) >= 11 is 1.14. The monoisotopic (exact) mass is 575 g/mol. The molecule has 2 aliphatic heterocycles. The van der Waals surface area contributed by atoms with Gasteiger partial charge < -0.3 is 25.4 Å². The van der Waals surface area contributed by atoms with Crippen LogP contribution in [-0.4, -0.2) is 58.6 Å². The third-order valence-corrected chi connectivity index (χ3v) is 8.33. The highest BCUT2D eigenvalue weighted by Crippen LogP contribution is 2.47. The zero-order valence-corrected chi connectivity index (χ0v) is 22.8. The van der Waals surface area contributed by atoms with Crippen LogP contribution >= 0.6 is 11.3 Å². The van der Waals surface area contributed by atoms with Crippen molar-refractivity contribution in [1.82, 2.24) is 15.2 Å². The van der Waals surface area contributed by atoms with Crippen molar-refractivity contribution >= 4 is 56.5 Å². The fourth-order valence-corrected chi connectivity index (χ4v) is 6.26. The number of aliphatic hydroxyl groups is 1. The fraction of sp³-hybridized carbons (Fsp3) is 0.241. The summed E-state index contributed by atoms with van der Waals surface area (Å²) in [6.45, 7) is 1.82. The average Bonchev–Trinajstić information content (AvgIpc) is 3.36. The van der Waals surface area contributed by atoms with Crippen LogP contribution in [0.15, 0.2) is 54.7 Å². The maximum absolute atomic E-state index is 15.5. The summed E-state index contributed by atoms with van der Waals surface area (Å²) in [6, 6.07) is 12.8. The summed E-state index contributed by atoms with van der Waals surface area (Å²) < 4.78 is 21.2. The molecule has 1 fully saturated rings. The molecule has 41 heavy (non-hydrogen) atoms. The Morgan fingerprint density at radius 1 is 1.20 bits per heavy atom. The molecule has 4 heterocycles. The van der Waals surface area contributed by atoms with Crippen LogP contribution in [0.4, 0.5) is 26.2 Å². The summed E-state index contributed by atoms with van der Waals surface area (Å²) in [6.07, 6.45) is 2.92. The van der Waals surface area contributed by atoms with Crippen molar-refractivity contribution in [1.29, 1.82) is 0 Å². The molecule has 210 valence electrons. The number of piperidine rings is 1. The number of para-hydroxylation sites is 1. The van der Waals surface area contributed by atoms with E-state index in [9.17, 15) is 19.5 Å². The van der Waals surface area contributed by atoms with Gasteiger partial charge in [0.2, 0.25) is 5.91 Å². The van der Waals surface area contributed by atoms with Crippen molar-refractivity contribution in [3.05, 3.63) is 71.0 Å². The number of rotatable bonds is 6. The minimum absolute atomic E-state index is 0.0342. The molecule has 0 spiro atoms. The topological polar surface area (TPSA) is 124 Å². The molecule has 1 atom stereocenters. The first-order valence-corrected chi connectivity index (χ1v) is 13.9. The van der Waals surface area contributed by atoms with E-state index in [1.165, 1.54) is 15.9 Å². The Labute approximate surface area is 238 Å². The number of halogens is 1. The molecule has 0 saturated carbocycles. The van der Waals surface area contributed by atoms with Gasteiger partial charge in [0.1, 0.15) is 22.1 Å². The van der Waals surface area contributed by atoms with Crippen LogP contribution in [-0.2, 0) is 4.79 Å². The van der Waals surface area contributed by atoms with Gasteiger partial charge in [-0.2, -0.15) is 0 Å². The molecule has 2 aliphatic rings. The number of ether oxygens (including phenoxy) is 1. The van der Waals surface area contributed by atoms with E-state index in [-0.39, 0.29) is 28.1 Å². The largest absolute Gasteiger partial charge is 0.454 e. The second-order valence-corrected chi connectivity index (χ2v) is 10.8. The number of carbonyl (C=O) groups excluding carboxylic acids is 3. The van der Waals surface area contributed by atoms with E-state index in [2.05, 4.69) is 15.6 Å². The number of anilines is 3. The average molecular weight is 576 g/mol. The van der Waals surface area contributed by atoms with E-state index in [0.29, 0.717) is 59.0 Å². The molecule has 6 rings (SSSR count). The summed E-state index contributed by atoms with van der Waals surface area (Å²) in [7, 11) is 0. The number of amides is 4. The highest BCUT2D eigenvalue weighted by Gasteiger charge is 2.35. The number of likely N-dealkylation sites (tertiary alicyclic amines) is 1. The number of urea groups is 1. The molecule has 1 saturated heterocycles. The van der Waals surface area contributed by atoms with Crippen molar-refractivity contribution < 1.29 is 28.6 Å². The highest BCUT2D eigenvalue weighted by atomic mass is 32.1. The first-order valence-electron chi connectivity index (χ1n) is 13.1. The van der Waals surface area contributed by atoms with Crippen LogP contribution < -0.4 is 20.3 Å². The molecule has 12 heteroatoms. The van der Waals surface area contributed by atoms with E-state index in [1.54, 1.807) is 49.5 Å². The van der Waals surface area contributed by atoms with Crippen LogP contribution in [0.3, 0.4) is 0 Å². The Kier molecular flexibility index (Phi) is 7.01. The molecule has 0 radical (unpaired) electrons. The predicted molar refractivity (Wildman–Crippen MR) is 153 cm³/mol. The molecule has 4 aromatic rings. The van der Waals surface area contributed by atoms with Crippen molar-refractivity contribution in [2.45, 2.75) is 25.8 Å². The minimum Gasteiger partial charge on any atom is -0.454 e. The Morgan fingerprint density at radius 2 is 2.00 bits per heavy atom. The van der Waals surface area contributed by atoms with Gasteiger partial charge in [-0.1, -0.05) is 18.2 Å². The molecule has 4 amide bonds. The van der Waals surface area contributed by atoms with Gasteiger partial charge in [0.15, 0.2) is 11.6 Å². The Morgan fingerprint density at radius 3 is 2.78 bits per heavy atom. The summed E-state index contributed by atoms with van der Waals surface area (Å²) in [5, 5.41) is 15.6. The molecule has 10 nitrogen and oxygen atoms in total. The number of aliphatic hydroxyl groups excluding tert-OH is 1. The molecule has 0 bridgehead atoms. The SMILES string of the molecule is Cc1c(N2C(=O)Nc3c(C(=O)NC4CCCN(C(=O)CO)C4)sc4nccc2c34)ccc(Oc2ccccc2)c1F. The lowest BCUT2D eigenvalue weighted by molar-refractivity contribution is -0.135. The molecular weight excluding hydrogens is 549 g/mol. The van der Waals surface area contributed by atoms with Gasteiger partial charge in [-0.05, 0) is 50.1 Å². The van der Waals surface area contributed by atoms with Crippen LogP contribution in [0.2, 0.25) is 0 Å². The number of nitrogens with zero attached hydrogens (tertiary/aromatic N) is 3.